The zero-order chi connectivity index (χ0) is 9.97. The fourth-order valence-electron chi connectivity index (χ4n) is 1.89. The van der Waals surface area contributed by atoms with E-state index in [0.29, 0.717) is 0 Å². The Kier molecular flexibility index (Phi) is 2.55. The van der Waals surface area contributed by atoms with Gasteiger partial charge in [-0.25, -0.2) is 0 Å². The number of nitrogens with one attached hydrogen (secondary N) is 1. The molecule has 0 saturated heterocycles. The highest BCUT2D eigenvalue weighted by atomic mass is 14.7. The molecule has 74 valence electrons. The normalized spacial score (nSPS) is 11.0. The third-order valence-electron chi connectivity index (χ3n) is 2.77. The topological polar surface area (TPSA) is 41.8 Å². The van der Waals surface area contributed by atoms with Gasteiger partial charge in [0.25, 0.3) is 0 Å². The van der Waals surface area contributed by atoms with Crippen LogP contribution in [0, 0.1) is 6.92 Å². The summed E-state index contributed by atoms with van der Waals surface area (Å²) in [4.78, 5) is 3.22. The zero-order valence-electron chi connectivity index (χ0n) is 8.51. The highest BCUT2D eigenvalue weighted by Gasteiger charge is 2.03. The van der Waals surface area contributed by atoms with Gasteiger partial charge in [-0.05, 0) is 49.6 Å². The van der Waals surface area contributed by atoms with E-state index in [1.165, 1.54) is 22.0 Å². The summed E-state index contributed by atoms with van der Waals surface area (Å²) in [6.45, 7) is 2.95. The number of hydrogen-bond acceptors (Lipinski definition) is 1. The average molecular weight is 188 g/mol. The molecule has 1 heterocycles. The highest BCUT2D eigenvalue weighted by Crippen LogP contribution is 2.21. The lowest BCUT2D eigenvalue weighted by molar-refractivity contribution is 0.829. The summed E-state index contributed by atoms with van der Waals surface area (Å²) in [5.41, 5.74) is 9.54. The van der Waals surface area contributed by atoms with Crippen LogP contribution in [0.2, 0.25) is 0 Å². The third kappa shape index (κ3) is 1.53. The van der Waals surface area contributed by atoms with Gasteiger partial charge in [0.2, 0.25) is 0 Å². The van der Waals surface area contributed by atoms with Crippen LogP contribution in [0.25, 0.3) is 10.9 Å². The second kappa shape index (κ2) is 3.84. The van der Waals surface area contributed by atoms with Crippen LogP contribution >= 0.6 is 0 Å². The van der Waals surface area contributed by atoms with Gasteiger partial charge < -0.3 is 10.7 Å². The van der Waals surface area contributed by atoms with Gasteiger partial charge in [0.05, 0.1) is 0 Å². The van der Waals surface area contributed by atoms with Gasteiger partial charge in [0.1, 0.15) is 0 Å². The molecule has 0 aliphatic heterocycles. The molecule has 2 rings (SSSR count). The van der Waals surface area contributed by atoms with E-state index in [4.69, 9.17) is 5.73 Å². The molecule has 0 aliphatic carbocycles. The standard InChI is InChI=1S/C12H16N2/c1-9-10(3-2-7-13)4-5-12-11(9)6-8-14-12/h4-6,8,14H,2-3,7,13H2,1H3. The molecular weight excluding hydrogens is 172 g/mol. The summed E-state index contributed by atoms with van der Waals surface area (Å²) < 4.78 is 0. The Balaban J connectivity index is 2.40. The molecule has 0 spiro atoms. The molecule has 0 unspecified atom stereocenters. The minimum Gasteiger partial charge on any atom is -0.361 e. The quantitative estimate of drug-likeness (QED) is 0.763. The van der Waals surface area contributed by atoms with Gasteiger partial charge in [0.15, 0.2) is 0 Å². The van der Waals surface area contributed by atoms with Gasteiger partial charge in [-0.15, -0.1) is 0 Å². The molecule has 1 aromatic carbocycles. The fraction of sp³-hybridized carbons (Fsp3) is 0.333. The van der Waals surface area contributed by atoms with Crippen LogP contribution in [0.4, 0.5) is 0 Å². The average Bonchev–Trinajstić information content (AvgIpc) is 2.66. The van der Waals surface area contributed by atoms with E-state index in [2.05, 4.69) is 30.1 Å². The summed E-state index contributed by atoms with van der Waals surface area (Å²) in [5.74, 6) is 0. The molecule has 0 fully saturated rings. The van der Waals surface area contributed by atoms with Crippen LogP contribution in [0.1, 0.15) is 17.5 Å². The first kappa shape index (κ1) is 9.28. The molecule has 0 saturated carbocycles. The number of rotatable bonds is 3. The number of aryl methyl sites for hydroxylation is 2. The van der Waals surface area contributed by atoms with Crippen molar-refractivity contribution in [1.29, 1.82) is 0 Å². The summed E-state index contributed by atoms with van der Waals surface area (Å²) >= 11 is 0. The van der Waals surface area contributed by atoms with Crippen molar-refractivity contribution in [2.24, 2.45) is 5.73 Å². The molecular formula is C12H16N2. The second-order valence-corrected chi connectivity index (χ2v) is 3.68. The van der Waals surface area contributed by atoms with Gasteiger partial charge >= 0.3 is 0 Å². The van der Waals surface area contributed by atoms with E-state index in [1.54, 1.807) is 0 Å². The molecule has 1 aromatic heterocycles. The van der Waals surface area contributed by atoms with Crippen molar-refractivity contribution in [1.82, 2.24) is 4.98 Å². The van der Waals surface area contributed by atoms with Crippen molar-refractivity contribution in [2.75, 3.05) is 6.54 Å². The first-order valence-electron chi connectivity index (χ1n) is 5.08. The summed E-state index contributed by atoms with van der Waals surface area (Å²) in [5, 5.41) is 1.33. The highest BCUT2D eigenvalue weighted by molar-refractivity contribution is 5.83. The minimum atomic E-state index is 0.768. The third-order valence-corrected chi connectivity index (χ3v) is 2.77. The molecule has 2 aromatic rings. The van der Waals surface area contributed by atoms with Crippen molar-refractivity contribution in [2.45, 2.75) is 19.8 Å². The van der Waals surface area contributed by atoms with E-state index in [0.717, 1.165) is 19.4 Å². The van der Waals surface area contributed by atoms with Crippen LogP contribution in [0.3, 0.4) is 0 Å². The SMILES string of the molecule is Cc1c(CCCN)ccc2[nH]ccc12. The number of H-pyrrole nitrogens is 1. The van der Waals surface area contributed by atoms with Crippen molar-refractivity contribution in [3.8, 4) is 0 Å². The predicted molar refractivity (Wildman–Crippen MR) is 60.4 cm³/mol. The Morgan fingerprint density at radius 3 is 2.93 bits per heavy atom. The number of nitrogens with two attached hydrogens (primary N) is 1. The number of hydrogen-bond donors (Lipinski definition) is 2. The Morgan fingerprint density at radius 1 is 1.29 bits per heavy atom. The molecule has 3 N–H and O–H groups in total. The number of aromatic amines is 1. The summed E-state index contributed by atoms with van der Waals surface area (Å²) in [7, 11) is 0. The number of aromatic nitrogens is 1. The Labute approximate surface area is 84.1 Å². The van der Waals surface area contributed by atoms with Crippen LogP contribution in [-0.2, 0) is 6.42 Å². The summed E-state index contributed by atoms with van der Waals surface area (Å²) in [6, 6.07) is 6.48. The van der Waals surface area contributed by atoms with E-state index in [-0.39, 0.29) is 0 Å². The van der Waals surface area contributed by atoms with Crippen LogP contribution in [-0.4, -0.2) is 11.5 Å². The Hall–Kier alpha value is -1.28. The minimum absolute atomic E-state index is 0.768. The Bertz CT molecular complexity index is 429. The maximum atomic E-state index is 5.51. The van der Waals surface area contributed by atoms with Crippen LogP contribution in [0.5, 0.6) is 0 Å². The van der Waals surface area contributed by atoms with Crippen molar-refractivity contribution >= 4 is 10.9 Å². The van der Waals surface area contributed by atoms with Crippen molar-refractivity contribution < 1.29 is 0 Å². The molecule has 0 bridgehead atoms. The maximum Gasteiger partial charge on any atom is 0.0456 e. The van der Waals surface area contributed by atoms with Crippen molar-refractivity contribution in [3.63, 3.8) is 0 Å². The molecule has 0 aliphatic rings. The fourth-order valence-corrected chi connectivity index (χ4v) is 1.89. The van der Waals surface area contributed by atoms with Gasteiger partial charge in [-0.1, -0.05) is 6.07 Å². The smallest absolute Gasteiger partial charge is 0.0456 e. The molecule has 0 amide bonds. The molecule has 2 heteroatoms. The first-order valence-corrected chi connectivity index (χ1v) is 5.08. The number of benzene rings is 1. The van der Waals surface area contributed by atoms with Gasteiger partial charge in [0, 0.05) is 17.1 Å². The monoisotopic (exact) mass is 188 g/mol. The number of fused-ring (bicyclic) bond motifs is 1. The van der Waals surface area contributed by atoms with Crippen molar-refractivity contribution in [3.05, 3.63) is 35.5 Å². The van der Waals surface area contributed by atoms with E-state index in [1.807, 2.05) is 6.20 Å². The summed E-state index contributed by atoms with van der Waals surface area (Å²) in [6.07, 6.45) is 4.14. The lowest BCUT2D eigenvalue weighted by atomic mass is 10.0. The van der Waals surface area contributed by atoms with Crippen LogP contribution in [0.15, 0.2) is 24.4 Å². The lowest BCUT2D eigenvalue weighted by Crippen LogP contribution is -2.01. The Morgan fingerprint density at radius 2 is 2.14 bits per heavy atom. The van der Waals surface area contributed by atoms with E-state index in [9.17, 15) is 0 Å². The zero-order valence-corrected chi connectivity index (χ0v) is 8.51. The molecule has 2 nitrogen and oxygen atoms in total. The molecule has 0 atom stereocenters. The largest absolute Gasteiger partial charge is 0.361 e. The van der Waals surface area contributed by atoms with Gasteiger partial charge in [-0.2, -0.15) is 0 Å². The lowest BCUT2D eigenvalue weighted by Gasteiger charge is -2.05. The van der Waals surface area contributed by atoms with Crippen LogP contribution < -0.4 is 5.73 Å². The predicted octanol–water partition coefficient (Wildman–Crippen LogP) is 2.37. The van der Waals surface area contributed by atoms with Gasteiger partial charge in [-0.3, -0.25) is 0 Å². The maximum absolute atomic E-state index is 5.51. The van der Waals surface area contributed by atoms with E-state index < -0.39 is 0 Å². The first-order chi connectivity index (χ1) is 6.83. The van der Waals surface area contributed by atoms with E-state index >= 15 is 0 Å². The molecule has 14 heavy (non-hydrogen) atoms. The molecule has 0 radical (unpaired) electrons. The second-order valence-electron chi connectivity index (χ2n) is 3.68.